The van der Waals surface area contributed by atoms with E-state index in [1.807, 2.05) is 47.8 Å². The Morgan fingerprint density at radius 3 is 2.36 bits per heavy atom. The van der Waals surface area contributed by atoms with E-state index >= 15 is 0 Å². The lowest BCUT2D eigenvalue weighted by Gasteiger charge is -2.16. The highest BCUT2D eigenvalue weighted by atomic mass is 35.5. The Balaban J connectivity index is 1.81. The van der Waals surface area contributed by atoms with Crippen LogP contribution in [0.1, 0.15) is 45.5 Å². The molecule has 1 saturated heterocycles. The van der Waals surface area contributed by atoms with E-state index in [1.165, 1.54) is 17.1 Å². The zero-order chi connectivity index (χ0) is 17.8. The average Bonchev–Trinajstić information content (AvgIpc) is 3.17. The maximum absolute atomic E-state index is 12.7. The third-order valence-electron chi connectivity index (χ3n) is 4.38. The number of hydrogen-bond acceptors (Lipinski definition) is 3. The predicted octanol–water partition coefficient (Wildman–Crippen LogP) is 6.20. The van der Waals surface area contributed by atoms with Gasteiger partial charge < -0.3 is 5.32 Å². The summed E-state index contributed by atoms with van der Waals surface area (Å²) in [6, 6.07) is 11.9. The standard InChI is InChI=1S/C20H22ClNOS2/c1-3-13-9-10-17(21)16(4-2)18(13)22-19(23)14-5-7-15(8-6-14)20-24-11-12-25-20/h5-10,20H,3-4,11-12H2,1-2H3,(H,22,23). The van der Waals surface area contributed by atoms with Crippen molar-refractivity contribution in [2.75, 3.05) is 16.8 Å². The fourth-order valence-electron chi connectivity index (χ4n) is 3.00. The molecule has 2 nitrogen and oxygen atoms in total. The summed E-state index contributed by atoms with van der Waals surface area (Å²) in [5.41, 5.74) is 4.96. The molecule has 1 amide bonds. The minimum absolute atomic E-state index is 0.0788. The minimum atomic E-state index is -0.0788. The van der Waals surface area contributed by atoms with Crippen LogP contribution in [0.2, 0.25) is 5.02 Å². The number of carbonyl (C=O) groups excluding carboxylic acids is 1. The van der Waals surface area contributed by atoms with E-state index in [4.69, 9.17) is 11.6 Å². The second-order valence-corrected chi connectivity index (χ2v) is 9.05. The fraction of sp³-hybridized carbons (Fsp3) is 0.350. The lowest BCUT2D eigenvalue weighted by Crippen LogP contribution is -2.15. The quantitative estimate of drug-likeness (QED) is 0.658. The molecule has 2 aromatic rings. The largest absolute Gasteiger partial charge is 0.321 e. The summed E-state index contributed by atoms with van der Waals surface area (Å²) >= 11 is 10.3. The highest BCUT2D eigenvalue weighted by Gasteiger charge is 2.19. The van der Waals surface area contributed by atoms with Gasteiger partial charge in [0.1, 0.15) is 0 Å². The van der Waals surface area contributed by atoms with Crippen LogP contribution >= 0.6 is 35.1 Å². The van der Waals surface area contributed by atoms with E-state index in [9.17, 15) is 4.79 Å². The lowest BCUT2D eigenvalue weighted by atomic mass is 10.0. The number of aryl methyl sites for hydroxylation is 1. The van der Waals surface area contributed by atoms with Gasteiger partial charge in [0.25, 0.3) is 5.91 Å². The molecule has 0 aromatic heterocycles. The summed E-state index contributed by atoms with van der Waals surface area (Å²) in [5.74, 6) is 2.32. The number of thioether (sulfide) groups is 2. The Morgan fingerprint density at radius 1 is 1.08 bits per heavy atom. The third kappa shape index (κ3) is 4.18. The van der Waals surface area contributed by atoms with Gasteiger partial charge in [-0.2, -0.15) is 0 Å². The molecule has 25 heavy (non-hydrogen) atoms. The van der Waals surface area contributed by atoms with E-state index in [1.54, 1.807) is 0 Å². The second-order valence-electron chi connectivity index (χ2n) is 5.92. The van der Waals surface area contributed by atoms with Crippen molar-refractivity contribution in [1.29, 1.82) is 0 Å². The summed E-state index contributed by atoms with van der Waals surface area (Å²) in [6.07, 6.45) is 1.65. The number of carbonyl (C=O) groups is 1. The highest BCUT2D eigenvalue weighted by molar-refractivity contribution is 8.19. The maximum atomic E-state index is 12.7. The van der Waals surface area contributed by atoms with Gasteiger partial charge in [-0.05, 0) is 47.7 Å². The molecule has 1 aliphatic rings. The van der Waals surface area contributed by atoms with Crippen molar-refractivity contribution < 1.29 is 4.79 Å². The van der Waals surface area contributed by atoms with Crippen molar-refractivity contribution in [3.63, 3.8) is 0 Å². The van der Waals surface area contributed by atoms with Crippen molar-refractivity contribution in [1.82, 2.24) is 0 Å². The van der Waals surface area contributed by atoms with Gasteiger partial charge in [-0.3, -0.25) is 4.79 Å². The van der Waals surface area contributed by atoms with Crippen LogP contribution < -0.4 is 5.32 Å². The molecule has 3 rings (SSSR count). The SMILES string of the molecule is CCc1ccc(Cl)c(CC)c1NC(=O)c1ccc(C2SCCS2)cc1. The molecular weight excluding hydrogens is 370 g/mol. The van der Waals surface area contributed by atoms with E-state index in [-0.39, 0.29) is 5.91 Å². The molecule has 5 heteroatoms. The molecule has 1 heterocycles. The molecule has 132 valence electrons. The third-order valence-corrected chi connectivity index (χ3v) is 7.84. The molecule has 1 aliphatic heterocycles. The first-order chi connectivity index (χ1) is 12.1. The topological polar surface area (TPSA) is 29.1 Å². The van der Waals surface area contributed by atoms with Crippen LogP contribution in [0.5, 0.6) is 0 Å². The molecule has 0 saturated carbocycles. The van der Waals surface area contributed by atoms with Crippen molar-refractivity contribution in [3.8, 4) is 0 Å². The van der Waals surface area contributed by atoms with Crippen LogP contribution in [0.4, 0.5) is 5.69 Å². The molecule has 0 radical (unpaired) electrons. The Bertz CT molecular complexity index is 755. The molecule has 2 aromatic carbocycles. The average molecular weight is 392 g/mol. The fourth-order valence-corrected chi connectivity index (χ4v) is 6.15. The zero-order valence-corrected chi connectivity index (χ0v) is 16.9. The van der Waals surface area contributed by atoms with Gasteiger partial charge in [0.15, 0.2) is 0 Å². The number of hydrogen-bond donors (Lipinski definition) is 1. The van der Waals surface area contributed by atoms with Crippen molar-refractivity contribution in [2.45, 2.75) is 31.3 Å². The Kier molecular flexibility index (Phi) is 6.37. The van der Waals surface area contributed by atoms with Crippen LogP contribution in [0, 0.1) is 0 Å². The molecule has 0 aliphatic carbocycles. The van der Waals surface area contributed by atoms with Gasteiger partial charge >= 0.3 is 0 Å². The molecule has 0 atom stereocenters. The summed E-state index contributed by atoms with van der Waals surface area (Å²) in [6.45, 7) is 4.14. The van der Waals surface area contributed by atoms with E-state index in [2.05, 4.69) is 31.3 Å². The molecule has 1 fully saturated rings. The molecule has 0 bridgehead atoms. The van der Waals surface area contributed by atoms with Gasteiger partial charge in [0.05, 0.1) is 4.58 Å². The summed E-state index contributed by atoms with van der Waals surface area (Å²) in [5, 5.41) is 3.80. The van der Waals surface area contributed by atoms with Crippen LogP contribution in [0.25, 0.3) is 0 Å². The first-order valence-electron chi connectivity index (χ1n) is 8.58. The van der Waals surface area contributed by atoms with Crippen LogP contribution in [-0.2, 0) is 12.8 Å². The van der Waals surface area contributed by atoms with E-state index in [0.717, 1.165) is 29.7 Å². The molecule has 0 spiro atoms. The number of anilines is 1. The highest BCUT2D eigenvalue weighted by Crippen LogP contribution is 2.45. The van der Waals surface area contributed by atoms with Gasteiger partial charge in [0, 0.05) is 27.8 Å². The summed E-state index contributed by atoms with van der Waals surface area (Å²) in [7, 11) is 0. The normalized spacial score (nSPS) is 14.7. The zero-order valence-electron chi connectivity index (χ0n) is 14.5. The van der Waals surface area contributed by atoms with Crippen LogP contribution in [0.15, 0.2) is 36.4 Å². The smallest absolute Gasteiger partial charge is 0.255 e. The summed E-state index contributed by atoms with van der Waals surface area (Å²) in [4.78, 5) is 12.7. The monoisotopic (exact) mass is 391 g/mol. The van der Waals surface area contributed by atoms with Crippen LogP contribution in [-0.4, -0.2) is 17.4 Å². The van der Waals surface area contributed by atoms with E-state index < -0.39 is 0 Å². The number of amides is 1. The second kappa shape index (κ2) is 8.52. The number of benzene rings is 2. The molecular formula is C20H22ClNOS2. The Hall–Kier alpha value is -1.10. The Morgan fingerprint density at radius 2 is 1.76 bits per heavy atom. The van der Waals surface area contributed by atoms with Gasteiger partial charge in [-0.15, -0.1) is 23.5 Å². The summed E-state index contributed by atoms with van der Waals surface area (Å²) < 4.78 is 0.503. The number of rotatable bonds is 5. The van der Waals surface area contributed by atoms with Crippen molar-refractivity contribution in [2.24, 2.45) is 0 Å². The van der Waals surface area contributed by atoms with Gasteiger partial charge in [-0.25, -0.2) is 0 Å². The first-order valence-corrected chi connectivity index (χ1v) is 11.1. The van der Waals surface area contributed by atoms with Crippen LogP contribution in [0.3, 0.4) is 0 Å². The number of nitrogens with one attached hydrogen (secondary N) is 1. The van der Waals surface area contributed by atoms with Crippen molar-refractivity contribution in [3.05, 3.63) is 63.7 Å². The van der Waals surface area contributed by atoms with Gasteiger partial charge in [-0.1, -0.05) is 43.6 Å². The maximum Gasteiger partial charge on any atom is 0.255 e. The van der Waals surface area contributed by atoms with E-state index in [0.29, 0.717) is 15.2 Å². The Labute approximate surface area is 163 Å². The first kappa shape index (κ1) is 18.7. The molecule has 0 unspecified atom stereocenters. The van der Waals surface area contributed by atoms with Gasteiger partial charge in [0.2, 0.25) is 0 Å². The number of halogens is 1. The minimum Gasteiger partial charge on any atom is -0.321 e. The predicted molar refractivity (Wildman–Crippen MR) is 112 cm³/mol. The van der Waals surface area contributed by atoms with Crippen molar-refractivity contribution >= 4 is 46.7 Å². The lowest BCUT2D eigenvalue weighted by molar-refractivity contribution is 0.102. The molecule has 1 N–H and O–H groups in total.